The molecule has 0 radical (unpaired) electrons. The van der Waals surface area contributed by atoms with E-state index in [2.05, 4.69) is 21.9 Å². The average Bonchev–Trinajstić information content (AvgIpc) is 3.43. The summed E-state index contributed by atoms with van der Waals surface area (Å²) in [5.74, 6) is -0.675. The summed E-state index contributed by atoms with van der Waals surface area (Å²) in [4.78, 5) is 11.8. The molecule has 9 heteroatoms. The lowest BCUT2D eigenvalue weighted by Crippen LogP contribution is -2.14. The summed E-state index contributed by atoms with van der Waals surface area (Å²) in [6.45, 7) is 4.15. The molecular weight excluding hydrogens is 427 g/mol. The second kappa shape index (κ2) is 7.28. The van der Waals surface area contributed by atoms with Gasteiger partial charge in [0.1, 0.15) is 5.82 Å². The van der Waals surface area contributed by atoms with Gasteiger partial charge in [-0.25, -0.2) is 18.7 Å². The Balaban J connectivity index is 1.42. The number of nitrogens with zero attached hydrogens (tertiary/aromatic N) is 3. The number of imidazole rings is 2. The van der Waals surface area contributed by atoms with E-state index in [4.69, 9.17) is 0 Å². The van der Waals surface area contributed by atoms with Crippen LogP contribution in [0.4, 0.5) is 22.0 Å². The van der Waals surface area contributed by atoms with E-state index >= 15 is 0 Å². The lowest BCUT2D eigenvalue weighted by molar-refractivity contribution is -0.137. The van der Waals surface area contributed by atoms with Gasteiger partial charge in [0.2, 0.25) is 0 Å². The maximum absolute atomic E-state index is 13.8. The van der Waals surface area contributed by atoms with Crippen molar-refractivity contribution < 1.29 is 22.0 Å². The molecule has 4 nitrogen and oxygen atoms in total. The van der Waals surface area contributed by atoms with E-state index in [9.17, 15) is 22.0 Å². The van der Waals surface area contributed by atoms with Gasteiger partial charge in [-0.05, 0) is 42.9 Å². The molecule has 0 spiro atoms. The number of benzene rings is 2. The summed E-state index contributed by atoms with van der Waals surface area (Å²) in [5.41, 5.74) is 1.11. The van der Waals surface area contributed by atoms with Crippen molar-refractivity contribution >= 4 is 22.1 Å². The maximum Gasteiger partial charge on any atom is 0.416 e. The predicted molar refractivity (Wildman–Crippen MR) is 110 cm³/mol. The minimum Gasteiger partial charge on any atom is -0.342 e. The molecule has 1 fully saturated rings. The number of rotatable bonds is 3. The Bertz CT molecular complexity index is 1310. The first kappa shape index (κ1) is 20.9. The van der Waals surface area contributed by atoms with Crippen molar-refractivity contribution in [3.05, 3.63) is 59.7 Å². The van der Waals surface area contributed by atoms with E-state index in [1.807, 2.05) is 11.5 Å². The van der Waals surface area contributed by atoms with Crippen LogP contribution in [0.5, 0.6) is 0 Å². The molecule has 0 aliphatic heterocycles. The smallest absolute Gasteiger partial charge is 0.342 e. The number of nitrogens with one attached hydrogen (secondary N) is 1. The van der Waals surface area contributed by atoms with Crippen molar-refractivity contribution in [3.8, 4) is 0 Å². The maximum atomic E-state index is 13.8. The lowest BCUT2D eigenvalue weighted by Gasteiger charge is -2.21. The number of aromatic nitrogens is 4. The number of hydrogen-bond donors (Lipinski definition) is 1. The summed E-state index contributed by atoms with van der Waals surface area (Å²) in [6.07, 6.45) is -1.18. The molecule has 1 aliphatic carbocycles. The molecule has 1 aliphatic rings. The topological polar surface area (TPSA) is 46.5 Å². The van der Waals surface area contributed by atoms with Crippen molar-refractivity contribution in [3.63, 3.8) is 0 Å². The van der Waals surface area contributed by atoms with E-state index in [1.165, 1.54) is 12.1 Å². The summed E-state index contributed by atoms with van der Waals surface area (Å²) >= 11 is 0. The van der Waals surface area contributed by atoms with Crippen LogP contribution in [-0.2, 0) is 6.18 Å². The van der Waals surface area contributed by atoms with E-state index < -0.39 is 23.4 Å². The third kappa shape index (κ3) is 3.43. The minimum atomic E-state index is -4.41. The number of fused-ring (bicyclic) bond motifs is 2. The highest BCUT2D eigenvalue weighted by Gasteiger charge is 2.38. The zero-order valence-electron chi connectivity index (χ0n) is 17.4. The van der Waals surface area contributed by atoms with E-state index in [0.717, 1.165) is 31.0 Å². The fourth-order valence-corrected chi connectivity index (χ4v) is 5.11. The van der Waals surface area contributed by atoms with Crippen LogP contribution < -0.4 is 0 Å². The van der Waals surface area contributed by atoms with Crippen molar-refractivity contribution in [2.45, 2.75) is 44.8 Å². The molecule has 2 aromatic heterocycles. The molecule has 4 unspecified atom stereocenters. The Kier molecular flexibility index (Phi) is 4.76. The summed E-state index contributed by atoms with van der Waals surface area (Å²) in [5, 5.41) is 0. The molecule has 168 valence electrons. The van der Waals surface area contributed by atoms with Crippen LogP contribution in [0.15, 0.2) is 36.7 Å². The van der Waals surface area contributed by atoms with Gasteiger partial charge in [0, 0.05) is 24.1 Å². The fourth-order valence-electron chi connectivity index (χ4n) is 5.11. The number of halogens is 5. The molecule has 2 heterocycles. The lowest BCUT2D eigenvalue weighted by atomic mass is 9.85. The number of H-pyrrole nitrogens is 1. The van der Waals surface area contributed by atoms with Crippen LogP contribution in [0, 0.1) is 23.5 Å². The van der Waals surface area contributed by atoms with Crippen molar-refractivity contribution in [1.82, 2.24) is 19.5 Å². The molecule has 0 bridgehead atoms. The largest absolute Gasteiger partial charge is 0.416 e. The molecule has 4 atom stereocenters. The van der Waals surface area contributed by atoms with Crippen LogP contribution in [0.2, 0.25) is 0 Å². The quantitative estimate of drug-likeness (QED) is 0.359. The molecule has 2 aromatic carbocycles. The normalized spacial score (nSPS) is 22.8. The third-order valence-electron chi connectivity index (χ3n) is 6.83. The standard InChI is InChI=1S/C23H21F5N4/c1-11-5-14(32-10-29-20-8-16(24)17(25)9-21(20)32)7-15(11)12(2)22-30-18-4-3-13(23(26,27)28)6-19(18)31-22/h3-4,6,8-12,14-15H,5,7H2,1-2H3,(H,30,31). The highest BCUT2D eigenvalue weighted by Crippen LogP contribution is 2.46. The van der Waals surface area contributed by atoms with Gasteiger partial charge >= 0.3 is 6.18 Å². The van der Waals surface area contributed by atoms with Gasteiger partial charge in [0.05, 0.1) is 34.0 Å². The molecule has 32 heavy (non-hydrogen) atoms. The van der Waals surface area contributed by atoms with Gasteiger partial charge in [0.25, 0.3) is 0 Å². The van der Waals surface area contributed by atoms with E-state index in [-0.39, 0.29) is 17.9 Å². The molecule has 4 aromatic rings. The third-order valence-corrected chi connectivity index (χ3v) is 6.83. The second-order valence-corrected chi connectivity index (χ2v) is 8.81. The highest BCUT2D eigenvalue weighted by molar-refractivity contribution is 5.76. The van der Waals surface area contributed by atoms with E-state index in [1.54, 1.807) is 6.33 Å². The van der Waals surface area contributed by atoms with Gasteiger partial charge in [-0.2, -0.15) is 13.2 Å². The Morgan fingerprint density at radius 1 is 1.06 bits per heavy atom. The van der Waals surface area contributed by atoms with Crippen LogP contribution >= 0.6 is 0 Å². The molecular formula is C23H21F5N4. The van der Waals surface area contributed by atoms with Gasteiger partial charge in [-0.3, -0.25) is 0 Å². The minimum absolute atomic E-state index is 0.0132. The molecule has 1 saturated carbocycles. The molecule has 5 rings (SSSR count). The first-order valence-corrected chi connectivity index (χ1v) is 10.5. The van der Waals surface area contributed by atoms with Crippen molar-refractivity contribution in [2.75, 3.05) is 0 Å². The number of hydrogen-bond acceptors (Lipinski definition) is 2. The zero-order chi connectivity index (χ0) is 22.8. The zero-order valence-corrected chi connectivity index (χ0v) is 17.4. The van der Waals surface area contributed by atoms with Gasteiger partial charge in [-0.15, -0.1) is 0 Å². The average molecular weight is 448 g/mol. The Morgan fingerprint density at radius 3 is 2.56 bits per heavy atom. The van der Waals surface area contributed by atoms with Crippen LogP contribution in [0.1, 0.15) is 50.0 Å². The van der Waals surface area contributed by atoms with Crippen LogP contribution in [0.3, 0.4) is 0 Å². The summed E-state index contributed by atoms with van der Waals surface area (Å²) < 4.78 is 68.3. The van der Waals surface area contributed by atoms with Gasteiger partial charge in [0.15, 0.2) is 11.6 Å². The van der Waals surface area contributed by atoms with Gasteiger partial charge < -0.3 is 9.55 Å². The SMILES string of the molecule is CC1CC(n2cnc3cc(F)c(F)cc32)CC1C(C)c1nc2ccc(C(F)(F)F)cc2[nH]1. The monoisotopic (exact) mass is 448 g/mol. The summed E-state index contributed by atoms with van der Waals surface area (Å²) in [6, 6.07) is 5.85. The Hall–Kier alpha value is -2.97. The predicted octanol–water partition coefficient (Wildman–Crippen LogP) is 6.60. The van der Waals surface area contributed by atoms with Gasteiger partial charge in [-0.1, -0.05) is 13.8 Å². The van der Waals surface area contributed by atoms with Crippen LogP contribution in [0.25, 0.3) is 22.1 Å². The van der Waals surface area contributed by atoms with Crippen molar-refractivity contribution in [1.29, 1.82) is 0 Å². The first-order valence-electron chi connectivity index (χ1n) is 10.5. The Labute approximate surface area is 180 Å². The Morgan fingerprint density at radius 2 is 1.81 bits per heavy atom. The highest BCUT2D eigenvalue weighted by atomic mass is 19.4. The fraction of sp³-hybridized carbons (Fsp3) is 0.391. The molecule has 0 amide bonds. The van der Waals surface area contributed by atoms with Crippen molar-refractivity contribution in [2.24, 2.45) is 11.8 Å². The number of aromatic amines is 1. The van der Waals surface area contributed by atoms with E-state index in [0.29, 0.717) is 33.8 Å². The number of alkyl halides is 3. The molecule has 1 N–H and O–H groups in total. The second-order valence-electron chi connectivity index (χ2n) is 8.81. The van der Waals surface area contributed by atoms with Crippen LogP contribution in [-0.4, -0.2) is 19.5 Å². The molecule has 0 saturated heterocycles. The first-order chi connectivity index (χ1) is 15.1. The summed E-state index contributed by atoms with van der Waals surface area (Å²) in [7, 11) is 0.